The minimum atomic E-state index is -5.54. The molecule has 12 N–H and O–H groups in total. The van der Waals surface area contributed by atoms with E-state index in [2.05, 4.69) is 9.05 Å². The summed E-state index contributed by atoms with van der Waals surface area (Å²) in [5.41, 5.74) is 1.30. The van der Waals surface area contributed by atoms with Gasteiger partial charge in [0.15, 0.2) is 107 Å². The van der Waals surface area contributed by atoms with E-state index in [1.165, 1.54) is 50.6 Å². The fraction of sp³-hybridized carbons (Fsp3) is 0.552. The molecule has 30 atom stereocenters. The average molecular weight is 2020 g/mol. The number of hydrogen-bond donors (Lipinski definition) is 12. The van der Waals surface area contributed by atoms with E-state index < -0.39 is 300 Å². The summed E-state index contributed by atoms with van der Waals surface area (Å²) in [5.74, 6) is -22.2. The first-order valence-corrected chi connectivity index (χ1v) is 46.9. The number of phosphoric ester groups is 3. The standard InChI is InChI=1S/3C29H33O16P/c3*1-11-38-9-20-27(42-11)23(30)24(31)29(43-20)44-25-14-7-17-16(40-10-41-17)6-13(14)21(22-15(25)8-39-28(22)32)12-4-18(36-2)26(19(5-12)37-3)45-46(33,34)35/h3*4-7,11,15,20-25,27,29-31H,8-10H2,1-3H3,(H2,33,34,35)/t3*11-,15+,20-,21-,22+,23-,24-,25-,27-,29+/m111/s1/i2D3,3D3,22D;2D3,3D3,8D2;22D. The molecule has 0 amide bonds. The van der Waals surface area contributed by atoms with E-state index in [-0.39, 0.29) is 126 Å². The summed E-state index contributed by atoms with van der Waals surface area (Å²) in [6, 6.07) is 15.4. The van der Waals surface area contributed by atoms with Crippen LogP contribution < -0.4 is 70.4 Å². The fourth-order valence-electron chi connectivity index (χ4n) is 19.7. The lowest BCUT2D eigenvalue weighted by atomic mass is 9.66. The number of rotatable bonds is 21. The van der Waals surface area contributed by atoms with Crippen molar-refractivity contribution >= 4 is 41.4 Å². The van der Waals surface area contributed by atoms with E-state index in [1.807, 2.05) is 0 Å². The zero-order valence-corrected chi connectivity index (χ0v) is 74.8. The zero-order valence-electron chi connectivity index (χ0n) is 88.2. The molecule has 6 aromatic carbocycles. The number of aliphatic hydroxyl groups excluding tert-OH is 6. The van der Waals surface area contributed by atoms with Gasteiger partial charge >= 0.3 is 41.4 Å². The van der Waals surface area contributed by atoms with Crippen molar-refractivity contribution in [3.63, 3.8) is 0 Å². The molecule has 21 rings (SSSR count). The Morgan fingerprint density at radius 1 is 0.348 bits per heavy atom. The quantitative estimate of drug-likeness (QED) is 0.0279. The van der Waals surface area contributed by atoms with Crippen molar-refractivity contribution in [3.8, 4) is 86.2 Å². The van der Waals surface area contributed by atoms with Gasteiger partial charge in [0.25, 0.3) is 0 Å². The van der Waals surface area contributed by atoms with Crippen molar-refractivity contribution in [2.75, 3.05) is 102 Å². The van der Waals surface area contributed by atoms with Gasteiger partial charge in [0.1, 0.15) is 73.2 Å². The van der Waals surface area contributed by atoms with Gasteiger partial charge in [0, 0.05) is 38.2 Å². The van der Waals surface area contributed by atoms with Gasteiger partial charge in [-0.15, -0.1) is 0 Å². The lowest BCUT2D eigenvalue weighted by Crippen LogP contribution is -2.63. The Balaban J connectivity index is 0.000000144. The number of ether oxygens (including phenoxy) is 27. The maximum absolute atomic E-state index is 13.8. The molecule has 0 unspecified atom stereocenters. The summed E-state index contributed by atoms with van der Waals surface area (Å²) in [7, 11) is -26.8. The lowest BCUT2D eigenvalue weighted by molar-refractivity contribution is -0.364. The van der Waals surface area contributed by atoms with Gasteiger partial charge in [0.2, 0.25) is 37.6 Å². The summed E-state index contributed by atoms with van der Waals surface area (Å²) in [6.45, 7) is 0.802. The molecule has 9 fully saturated rings. The number of methoxy groups -OCH3 is 6. The summed E-state index contributed by atoms with van der Waals surface area (Å²) >= 11 is 0. The van der Waals surface area contributed by atoms with Crippen molar-refractivity contribution < 1.29 is 251 Å². The SMILES string of the molecule is [2H]C([2H])([2H])Oc1cc([C@@H]2c3cc4c(cc3[C@@H](O[C@@H]3O[C@@H]5CO[C@@H](C)O[C@H]5[C@H](O)[C@H]3O)[C@@H]3[C@@H]2C(=O)OC3([2H])[2H])OCO4)cc(OC([2H])([2H])[2H])c1OP(=O)(O)O.[2H]C([2H])([2H])Oc1cc([C@@H]2c3cc4c(cc3[C@@H](O[C@@H]3O[C@@H]5CO[C@@H](C)O[C@H]5[C@H](O)[C@H]3O)[C@H]3COC(=O)[C@]23[2H])OCO4)cc(OC([2H])([2H])[2H])c1OP(=O)(O)O.[2H][C@]12C(=O)OC[C@@H]1[C@H](O[C@@H]1O[C@@H]3CO[C@@H](C)O[C@H]3[C@H](O)[C@H]1O)c1cc3c(cc1[C@H]2c1cc(OC)c(OP(=O)(O)O)c(OC)c1)OCO3. The van der Waals surface area contributed by atoms with Crippen LogP contribution in [0.3, 0.4) is 0 Å². The van der Waals surface area contributed by atoms with Crippen LogP contribution in [-0.2, 0) is 99.1 Å². The first-order chi connectivity index (χ1) is 72.0. The van der Waals surface area contributed by atoms with Gasteiger partial charge in [-0.2, -0.15) is 0 Å². The molecule has 138 heavy (non-hydrogen) atoms. The van der Waals surface area contributed by atoms with Crippen LogP contribution in [0, 0.1) is 35.5 Å². The van der Waals surface area contributed by atoms with Crippen molar-refractivity contribution in [2.45, 2.75) is 168 Å². The number of benzene rings is 6. The Labute approximate surface area is 805 Å². The van der Waals surface area contributed by atoms with Gasteiger partial charge < -0.3 is 172 Å². The maximum Gasteiger partial charge on any atom is 0.525 e. The minimum absolute atomic E-state index is 0.0199. The maximum atomic E-state index is 13.8. The van der Waals surface area contributed by atoms with Crippen molar-refractivity contribution in [3.05, 3.63) is 123 Å². The second-order valence-corrected chi connectivity index (χ2v) is 37.1. The Kier molecular flexibility index (Phi) is 22.0. The van der Waals surface area contributed by atoms with Crippen molar-refractivity contribution in [1.82, 2.24) is 0 Å². The summed E-state index contributed by atoms with van der Waals surface area (Å²) in [6.07, 6.45) is -25.5. The van der Waals surface area contributed by atoms with Gasteiger partial charge in [-0.1, -0.05) is 0 Å². The molecule has 0 aromatic heterocycles. The second-order valence-electron chi connectivity index (χ2n) is 33.6. The third-order valence-corrected chi connectivity index (χ3v) is 26.9. The van der Waals surface area contributed by atoms with Gasteiger partial charge in [-0.3, -0.25) is 43.7 Å². The van der Waals surface area contributed by atoms with E-state index >= 15 is 0 Å². The highest BCUT2D eigenvalue weighted by atomic mass is 31.2. The zero-order chi connectivity index (χ0) is 111. The highest BCUT2D eigenvalue weighted by Crippen LogP contribution is 2.64. The molecule has 48 nitrogen and oxygen atoms in total. The molecular formula is C87H99O48P3. The summed E-state index contributed by atoms with van der Waals surface area (Å²) < 4.78 is 330. The van der Waals surface area contributed by atoms with Gasteiger partial charge in [-0.05, 0) is 144 Å². The Morgan fingerprint density at radius 3 is 0.928 bits per heavy atom. The molecule has 0 spiro atoms. The molecule has 12 heterocycles. The minimum Gasteiger partial charge on any atom is -0.493 e. The molecule has 9 saturated heterocycles. The smallest absolute Gasteiger partial charge is 0.493 e. The molecule has 0 bridgehead atoms. The van der Waals surface area contributed by atoms with E-state index in [0.717, 1.165) is 24.3 Å². The molecule has 51 heteroatoms. The predicted octanol–water partition coefficient (Wildman–Crippen LogP) is 3.31. The first-order valence-electron chi connectivity index (χ1n) is 50.3. The number of carbonyl (C=O) groups is 3. The fourth-order valence-corrected chi connectivity index (χ4v) is 21.0. The number of aliphatic hydroxyl groups is 6. The van der Waals surface area contributed by atoms with Crippen molar-refractivity contribution in [2.24, 2.45) is 35.5 Å². The highest BCUT2D eigenvalue weighted by molar-refractivity contribution is 7.47. The number of phosphoric acid groups is 3. The second kappa shape index (κ2) is 38.4. The van der Waals surface area contributed by atoms with E-state index in [0.29, 0.717) is 22.6 Å². The molecule has 15 aliphatic rings. The van der Waals surface area contributed by atoms with Crippen LogP contribution in [-0.4, -0.2) is 291 Å². The van der Waals surface area contributed by atoms with Gasteiger partial charge in [0.05, 0.1) is 137 Å². The number of cyclic esters (lactones) is 3. The molecule has 12 aliphatic heterocycles. The first kappa shape index (κ1) is 79.1. The Morgan fingerprint density at radius 2 is 0.630 bits per heavy atom. The average Bonchev–Trinajstić information content (AvgIpc) is 1.50. The van der Waals surface area contributed by atoms with Gasteiger partial charge in [-0.25, -0.2) is 13.7 Å². The lowest BCUT2D eigenvalue weighted by Gasteiger charge is -2.47. The number of hydrogen-bond acceptors (Lipinski definition) is 42. The number of esters is 3. The third kappa shape index (κ3) is 18.3. The largest absolute Gasteiger partial charge is 0.525 e. The highest BCUT2D eigenvalue weighted by Gasteiger charge is 2.62. The predicted molar refractivity (Wildman–Crippen MR) is 448 cm³/mol. The van der Waals surface area contributed by atoms with Crippen LogP contribution in [0.5, 0.6) is 86.2 Å². The molecule has 0 radical (unpaired) electrons. The van der Waals surface area contributed by atoms with E-state index in [4.69, 9.17) is 152 Å². The molecule has 6 aromatic rings. The van der Waals surface area contributed by atoms with Crippen LogP contribution in [0.2, 0.25) is 0 Å². The Hall–Kier alpha value is -9.54. The van der Waals surface area contributed by atoms with Crippen LogP contribution in [0.15, 0.2) is 72.8 Å². The molecule has 0 saturated carbocycles. The monoisotopic (exact) mass is 2020 g/mol. The van der Waals surface area contributed by atoms with Crippen LogP contribution in [0.4, 0.5) is 0 Å². The normalized spacial score (nSPS) is 38.1. The topological polar surface area (TPSA) is 622 Å². The summed E-state index contributed by atoms with van der Waals surface area (Å²) in [4.78, 5) is 98.8. The van der Waals surface area contributed by atoms with E-state index in [1.54, 1.807) is 32.9 Å². The van der Waals surface area contributed by atoms with E-state index in [9.17, 15) is 90.8 Å². The number of carbonyl (C=O) groups excluding carboxylic acids is 3. The molecular weight excluding hydrogens is 1910 g/mol. The van der Waals surface area contributed by atoms with Crippen LogP contribution >= 0.6 is 23.5 Å². The van der Waals surface area contributed by atoms with Crippen LogP contribution in [0.1, 0.15) is 129 Å². The third-order valence-electron chi connectivity index (χ3n) is 25.6. The van der Waals surface area contributed by atoms with Crippen molar-refractivity contribution in [1.29, 1.82) is 0 Å². The summed E-state index contributed by atoms with van der Waals surface area (Å²) in [5, 5.41) is 66.3. The molecule has 750 valence electrons. The number of fused-ring (bicyclic) bond motifs is 12. The Bertz CT molecular complexity index is 6390. The molecule has 3 aliphatic carbocycles. The van der Waals surface area contributed by atoms with Crippen LogP contribution in [0.25, 0.3) is 0 Å².